The fourth-order valence-corrected chi connectivity index (χ4v) is 1.30. The Morgan fingerprint density at radius 2 is 2.64 bits per heavy atom. The summed E-state index contributed by atoms with van der Waals surface area (Å²) < 4.78 is 1.84. The van der Waals surface area contributed by atoms with E-state index in [0.717, 1.165) is 11.6 Å². The zero-order valence-electron chi connectivity index (χ0n) is 6.32. The predicted octanol–water partition coefficient (Wildman–Crippen LogP) is 1.47. The minimum absolute atomic E-state index is 0.492. The Kier molecular flexibility index (Phi) is 2.99. The summed E-state index contributed by atoms with van der Waals surface area (Å²) in [7, 11) is 0. The molecule has 0 saturated heterocycles. The van der Waals surface area contributed by atoms with E-state index >= 15 is 0 Å². The average Bonchev–Trinajstić information content (AvgIpc) is 2.47. The van der Waals surface area contributed by atoms with Gasteiger partial charge in [0, 0.05) is 12.4 Å². The van der Waals surface area contributed by atoms with Crippen molar-refractivity contribution >= 4 is 11.8 Å². The van der Waals surface area contributed by atoms with Gasteiger partial charge in [-0.05, 0) is 5.75 Å². The monoisotopic (exact) mass is 167 g/mol. The van der Waals surface area contributed by atoms with Gasteiger partial charge in [-0.15, -0.1) is 11.8 Å². The highest BCUT2D eigenvalue weighted by molar-refractivity contribution is 7.98. The molecular formula is C7H9N3S. The number of hydrogen-bond donors (Lipinski definition) is 0. The largest absolute Gasteiger partial charge is 0.313 e. The number of imidazole rings is 1. The quantitative estimate of drug-likeness (QED) is 0.684. The normalized spacial score (nSPS) is 9.45. The van der Waals surface area contributed by atoms with E-state index in [1.54, 1.807) is 18.0 Å². The minimum atomic E-state index is 0.492. The standard InChI is InChI=1S/C7H9N3S/c1-2-11-6-10-4-3-9-7(10)5-8/h3-4H,2,6H2,1H3. The van der Waals surface area contributed by atoms with Crippen molar-refractivity contribution in [1.29, 1.82) is 5.26 Å². The fraction of sp³-hybridized carbons (Fsp3) is 0.429. The van der Waals surface area contributed by atoms with Crippen LogP contribution in [0.4, 0.5) is 0 Å². The van der Waals surface area contributed by atoms with Gasteiger partial charge in [0.1, 0.15) is 6.07 Å². The first-order valence-corrected chi connectivity index (χ1v) is 4.53. The van der Waals surface area contributed by atoms with E-state index in [2.05, 4.69) is 11.9 Å². The van der Waals surface area contributed by atoms with E-state index in [4.69, 9.17) is 5.26 Å². The van der Waals surface area contributed by atoms with E-state index in [1.165, 1.54) is 0 Å². The maximum Gasteiger partial charge on any atom is 0.213 e. The highest BCUT2D eigenvalue weighted by Gasteiger charge is 1.98. The maximum atomic E-state index is 8.56. The van der Waals surface area contributed by atoms with E-state index in [0.29, 0.717) is 5.82 Å². The highest BCUT2D eigenvalue weighted by Crippen LogP contribution is 2.05. The van der Waals surface area contributed by atoms with Crippen molar-refractivity contribution in [2.45, 2.75) is 12.8 Å². The molecule has 1 rings (SSSR count). The molecule has 0 unspecified atom stereocenters. The van der Waals surface area contributed by atoms with Crippen LogP contribution in [-0.4, -0.2) is 15.3 Å². The summed E-state index contributed by atoms with van der Waals surface area (Å²) in [6, 6.07) is 2.02. The molecule has 58 valence electrons. The van der Waals surface area contributed by atoms with Crippen LogP contribution in [0.2, 0.25) is 0 Å². The van der Waals surface area contributed by atoms with Crippen molar-refractivity contribution in [2.75, 3.05) is 5.75 Å². The number of hydrogen-bond acceptors (Lipinski definition) is 3. The van der Waals surface area contributed by atoms with Crippen LogP contribution in [0.3, 0.4) is 0 Å². The van der Waals surface area contributed by atoms with Crippen LogP contribution in [0.5, 0.6) is 0 Å². The molecule has 0 radical (unpaired) electrons. The molecule has 0 aromatic carbocycles. The summed E-state index contributed by atoms with van der Waals surface area (Å²) in [5, 5.41) is 8.56. The van der Waals surface area contributed by atoms with Crippen LogP contribution >= 0.6 is 11.8 Å². The molecule has 0 bridgehead atoms. The fourth-order valence-electron chi connectivity index (χ4n) is 0.716. The first kappa shape index (κ1) is 8.15. The number of thioether (sulfide) groups is 1. The van der Waals surface area contributed by atoms with Gasteiger partial charge < -0.3 is 4.57 Å². The SMILES string of the molecule is CCSCn1ccnc1C#N. The lowest BCUT2D eigenvalue weighted by Crippen LogP contribution is -1.96. The molecule has 1 heterocycles. The van der Waals surface area contributed by atoms with Gasteiger partial charge in [0.25, 0.3) is 0 Å². The third-order valence-electron chi connectivity index (χ3n) is 1.25. The molecule has 1 aromatic rings. The van der Waals surface area contributed by atoms with Crippen LogP contribution in [0, 0.1) is 11.3 Å². The minimum Gasteiger partial charge on any atom is -0.313 e. The highest BCUT2D eigenvalue weighted by atomic mass is 32.2. The van der Waals surface area contributed by atoms with Crippen molar-refractivity contribution in [3.05, 3.63) is 18.2 Å². The van der Waals surface area contributed by atoms with Crippen LogP contribution in [0.25, 0.3) is 0 Å². The number of aromatic nitrogens is 2. The van der Waals surface area contributed by atoms with Gasteiger partial charge in [-0.2, -0.15) is 5.26 Å². The molecule has 1 aromatic heterocycles. The first-order chi connectivity index (χ1) is 5.38. The zero-order chi connectivity index (χ0) is 8.10. The molecule has 0 N–H and O–H groups in total. The van der Waals surface area contributed by atoms with Gasteiger partial charge >= 0.3 is 0 Å². The second-order valence-corrected chi connectivity index (χ2v) is 3.20. The molecule has 0 atom stereocenters. The van der Waals surface area contributed by atoms with Gasteiger partial charge in [0.2, 0.25) is 5.82 Å². The molecule has 11 heavy (non-hydrogen) atoms. The van der Waals surface area contributed by atoms with Crippen LogP contribution in [-0.2, 0) is 5.88 Å². The van der Waals surface area contributed by atoms with Crippen molar-refractivity contribution in [1.82, 2.24) is 9.55 Å². The van der Waals surface area contributed by atoms with Gasteiger partial charge in [-0.1, -0.05) is 6.92 Å². The Balaban J connectivity index is 2.63. The lowest BCUT2D eigenvalue weighted by Gasteiger charge is -1.99. The third kappa shape index (κ3) is 1.99. The summed E-state index contributed by atoms with van der Waals surface area (Å²) >= 11 is 1.77. The number of nitriles is 1. The van der Waals surface area contributed by atoms with Crippen molar-refractivity contribution in [2.24, 2.45) is 0 Å². The molecular weight excluding hydrogens is 158 g/mol. The van der Waals surface area contributed by atoms with Crippen molar-refractivity contribution in [3.63, 3.8) is 0 Å². The maximum absolute atomic E-state index is 8.56. The lowest BCUT2D eigenvalue weighted by atomic mass is 10.7. The number of nitrogens with zero attached hydrogens (tertiary/aromatic N) is 3. The smallest absolute Gasteiger partial charge is 0.213 e. The van der Waals surface area contributed by atoms with E-state index in [9.17, 15) is 0 Å². The van der Waals surface area contributed by atoms with E-state index in [1.807, 2.05) is 16.8 Å². The molecule has 4 heteroatoms. The molecule has 0 fully saturated rings. The Bertz CT molecular complexity index is 261. The summed E-state index contributed by atoms with van der Waals surface area (Å²) in [5.74, 6) is 2.37. The van der Waals surface area contributed by atoms with Crippen molar-refractivity contribution in [3.8, 4) is 6.07 Å². The summed E-state index contributed by atoms with van der Waals surface area (Å²) in [5.41, 5.74) is 0. The average molecular weight is 167 g/mol. The summed E-state index contributed by atoms with van der Waals surface area (Å²) in [6.07, 6.45) is 3.47. The molecule has 0 spiro atoms. The third-order valence-corrected chi connectivity index (χ3v) is 2.12. The van der Waals surface area contributed by atoms with Gasteiger partial charge in [0.15, 0.2) is 0 Å². The van der Waals surface area contributed by atoms with Gasteiger partial charge in [0.05, 0.1) is 5.88 Å². The molecule has 0 aliphatic carbocycles. The van der Waals surface area contributed by atoms with Crippen LogP contribution in [0.1, 0.15) is 12.7 Å². The molecule has 0 aliphatic heterocycles. The molecule has 0 saturated carbocycles. The first-order valence-electron chi connectivity index (χ1n) is 3.37. The zero-order valence-corrected chi connectivity index (χ0v) is 7.14. The number of rotatable bonds is 3. The second kappa shape index (κ2) is 4.04. The summed E-state index contributed by atoms with van der Waals surface area (Å²) in [6.45, 7) is 2.09. The van der Waals surface area contributed by atoms with Crippen LogP contribution in [0.15, 0.2) is 12.4 Å². The molecule has 3 nitrogen and oxygen atoms in total. The Morgan fingerprint density at radius 3 is 3.27 bits per heavy atom. The van der Waals surface area contributed by atoms with E-state index in [-0.39, 0.29) is 0 Å². The van der Waals surface area contributed by atoms with Crippen molar-refractivity contribution < 1.29 is 0 Å². The predicted molar refractivity (Wildman–Crippen MR) is 45.1 cm³/mol. The van der Waals surface area contributed by atoms with Gasteiger partial charge in [-0.3, -0.25) is 0 Å². The Hall–Kier alpha value is -0.950. The molecule has 0 aliphatic rings. The molecule has 0 amide bonds. The Labute approximate surface area is 70.0 Å². The topological polar surface area (TPSA) is 41.6 Å². The Morgan fingerprint density at radius 1 is 1.82 bits per heavy atom. The summed E-state index contributed by atoms with van der Waals surface area (Å²) in [4.78, 5) is 3.88. The van der Waals surface area contributed by atoms with Gasteiger partial charge in [-0.25, -0.2) is 4.98 Å². The second-order valence-electron chi connectivity index (χ2n) is 1.95. The lowest BCUT2D eigenvalue weighted by molar-refractivity contribution is 0.867. The van der Waals surface area contributed by atoms with E-state index < -0.39 is 0 Å². The van der Waals surface area contributed by atoms with Crippen LogP contribution < -0.4 is 0 Å².